The Morgan fingerprint density at radius 2 is 0.717 bits per heavy atom. The SMILES string of the molecule is [2H]c1c([2H])c([2H])c(P2(=O)c3cc(C)cc4c3N3c5c2cc(C([2H])([2H])[2H])cc5P(=O)(c2c([2H])c([2H])c([2H])c([2H])c2[2H])c2cc(C([2H])([2H])[2H])cc(c23)P4(=O)c2c([2H])c([2H])c([2H])c([2H])c2[2H])c([2H])c1[2H]. The molecular weight excluding hydrogens is 623 g/mol. The van der Waals surface area contributed by atoms with E-state index >= 15 is 13.7 Å². The van der Waals surface area contributed by atoms with Crippen molar-refractivity contribution in [1.29, 1.82) is 0 Å². The number of hydrogen-bond acceptors (Lipinski definition) is 4. The molecule has 46 heavy (non-hydrogen) atoms. The number of rotatable bonds is 3. The van der Waals surface area contributed by atoms with E-state index in [1.807, 2.05) is 0 Å². The molecule has 2 atom stereocenters. The number of benzene rings is 6. The second-order valence-electron chi connectivity index (χ2n) is 11.0. The average Bonchev–Trinajstić information content (AvgIpc) is 3.25. The molecule has 0 radical (unpaired) electrons. The lowest BCUT2D eigenvalue weighted by Gasteiger charge is -2.49. The van der Waals surface area contributed by atoms with Crippen LogP contribution < -0.4 is 52.6 Å². The average molecular weight is 675 g/mol. The number of anilines is 3. The van der Waals surface area contributed by atoms with Crippen LogP contribution in [-0.4, -0.2) is 0 Å². The molecule has 7 heteroatoms. The fourth-order valence-corrected chi connectivity index (χ4v) is 15.7. The van der Waals surface area contributed by atoms with E-state index < -0.39 is 202 Å². The summed E-state index contributed by atoms with van der Waals surface area (Å²) >= 11 is 0. The fourth-order valence-electron chi connectivity index (χ4n) is 6.73. The maximum atomic E-state index is 17.2. The summed E-state index contributed by atoms with van der Waals surface area (Å²) in [4.78, 5) is 1.20. The molecule has 0 aromatic heterocycles. The maximum absolute atomic E-state index is 17.2. The number of nitrogens with zero attached hydrogens (tertiary/aromatic N) is 1. The minimum Gasteiger partial charge on any atom is -0.308 e. The zero-order valence-electron chi connectivity index (χ0n) is 44.5. The van der Waals surface area contributed by atoms with Crippen molar-refractivity contribution in [1.82, 2.24) is 0 Å². The fraction of sp³-hybridized carbons (Fsp3) is 0.0769. The molecule has 2 unspecified atom stereocenters. The lowest BCUT2D eigenvalue weighted by atomic mass is 10.1. The zero-order valence-corrected chi connectivity index (χ0v) is 26.2. The predicted molar refractivity (Wildman–Crippen MR) is 194 cm³/mol. The molecule has 0 N–H and O–H groups in total. The highest BCUT2D eigenvalue weighted by Crippen LogP contribution is 2.65. The molecule has 224 valence electrons. The standard InChI is InChI=1S/C39H30NO3P3/c1-25-19-31-37-32(20-25)45(42,29-15-9-5-10-16-29)34-22-27(3)24-36-39(34)40(37)38-33(44(31,41)28-13-7-4-8-14-28)21-26(2)23-35(38)46(36,43)30-17-11-6-12-18-30/h4-24H,1-3H3/i1D3,2D3,4D,5D,6D,7D,8D,9D,10D,11D,12D,13D,14D,15D,16D,17D,18D. The largest absolute Gasteiger partial charge is 0.308 e. The molecule has 6 aromatic rings. The van der Waals surface area contributed by atoms with Crippen LogP contribution in [0, 0.1) is 20.6 Å². The minimum atomic E-state index is -5.53. The van der Waals surface area contributed by atoms with Gasteiger partial charge in [-0.25, -0.2) is 0 Å². The van der Waals surface area contributed by atoms with Crippen molar-refractivity contribution in [2.45, 2.75) is 20.6 Å². The molecule has 3 aliphatic heterocycles. The van der Waals surface area contributed by atoms with Crippen molar-refractivity contribution in [3.05, 3.63) is 144 Å². The van der Waals surface area contributed by atoms with E-state index in [2.05, 4.69) is 0 Å². The first-order chi connectivity index (χ1) is 30.8. The summed E-state index contributed by atoms with van der Waals surface area (Å²) in [5, 5.41) is -6.31. The van der Waals surface area contributed by atoms with Crippen LogP contribution in [0.1, 0.15) is 45.5 Å². The highest BCUT2D eigenvalue weighted by atomic mass is 31.2. The Morgan fingerprint density at radius 1 is 0.457 bits per heavy atom. The van der Waals surface area contributed by atoms with E-state index in [0.717, 1.165) is 24.3 Å². The molecule has 0 aliphatic carbocycles. The monoisotopic (exact) mass is 674 g/mol. The Hall–Kier alpha value is -4.19. The van der Waals surface area contributed by atoms with Crippen molar-refractivity contribution in [3.63, 3.8) is 0 Å². The number of hydrogen-bond donors (Lipinski definition) is 0. The third-order valence-electron chi connectivity index (χ3n) is 8.46. The van der Waals surface area contributed by atoms with E-state index in [1.165, 1.54) is 24.0 Å². The van der Waals surface area contributed by atoms with Crippen LogP contribution in [0.25, 0.3) is 0 Å². The van der Waals surface area contributed by atoms with Gasteiger partial charge in [0.15, 0.2) is 21.4 Å². The van der Waals surface area contributed by atoms with E-state index in [0.29, 0.717) is 0 Å². The molecule has 0 saturated carbocycles. The second kappa shape index (κ2) is 9.43. The van der Waals surface area contributed by atoms with E-state index in [9.17, 15) is 0 Å². The molecule has 4 nitrogen and oxygen atoms in total. The van der Waals surface area contributed by atoms with Crippen molar-refractivity contribution in [2.75, 3.05) is 4.90 Å². The van der Waals surface area contributed by atoms with Crippen LogP contribution >= 0.6 is 21.4 Å². The van der Waals surface area contributed by atoms with Crippen LogP contribution in [0.3, 0.4) is 0 Å². The Morgan fingerprint density at radius 3 is 0.978 bits per heavy atom. The van der Waals surface area contributed by atoms with Gasteiger partial charge in [-0.2, -0.15) is 0 Å². The first-order valence-electron chi connectivity index (χ1n) is 24.2. The molecule has 3 aliphatic rings. The third-order valence-corrected chi connectivity index (χ3v) is 17.1. The normalized spacial score (nSPS) is 30.2. The van der Waals surface area contributed by atoms with Crippen LogP contribution in [0.2, 0.25) is 0 Å². The molecular formula is C39H30NO3P3. The first-order valence-corrected chi connectivity index (χ1v) is 18.8. The molecule has 0 spiro atoms. The maximum Gasteiger partial charge on any atom is 0.175 e. The first kappa shape index (κ1) is 13.9. The van der Waals surface area contributed by atoms with Gasteiger partial charge in [0, 0.05) is 56.0 Å². The van der Waals surface area contributed by atoms with Crippen molar-refractivity contribution in [3.8, 4) is 0 Å². The zero-order chi connectivity index (χ0) is 49.6. The van der Waals surface area contributed by atoms with Gasteiger partial charge < -0.3 is 18.6 Å². The molecule has 6 aromatic carbocycles. The third kappa shape index (κ3) is 3.35. The Balaban J connectivity index is 1.68. The number of aryl methyl sites for hydroxylation is 3. The summed E-state index contributed by atoms with van der Waals surface area (Å²) in [5.41, 5.74) is -2.81. The summed E-state index contributed by atoms with van der Waals surface area (Å²) in [6.07, 6.45) is 0. The Labute approximate surface area is 298 Å². The second-order valence-corrected chi connectivity index (χ2v) is 18.9. The highest BCUT2D eigenvalue weighted by Gasteiger charge is 2.56. The van der Waals surface area contributed by atoms with Gasteiger partial charge in [-0.15, -0.1) is 0 Å². The van der Waals surface area contributed by atoms with Crippen molar-refractivity contribution >= 4 is 86.2 Å². The van der Waals surface area contributed by atoms with Crippen molar-refractivity contribution in [2.24, 2.45) is 0 Å². The van der Waals surface area contributed by atoms with Crippen LogP contribution in [0.4, 0.5) is 17.1 Å². The van der Waals surface area contributed by atoms with Gasteiger partial charge in [0.1, 0.15) is 0 Å². The van der Waals surface area contributed by atoms with E-state index in [1.54, 1.807) is 0 Å². The molecule has 0 saturated heterocycles. The van der Waals surface area contributed by atoms with E-state index in [4.69, 9.17) is 28.8 Å². The predicted octanol–water partition coefficient (Wildman–Crippen LogP) is 5.94. The van der Waals surface area contributed by atoms with Gasteiger partial charge in [-0.1, -0.05) is 90.6 Å². The Bertz CT molecular complexity index is 3260. The lowest BCUT2D eigenvalue weighted by molar-refractivity contribution is 0.592. The summed E-state index contributed by atoms with van der Waals surface area (Å²) in [7, 11) is -16.2. The summed E-state index contributed by atoms with van der Waals surface area (Å²) in [6, 6.07) is -9.04. The van der Waals surface area contributed by atoms with Crippen LogP contribution in [0.15, 0.2) is 127 Å². The van der Waals surface area contributed by atoms with Crippen molar-refractivity contribution < 1.29 is 42.5 Å². The highest BCUT2D eigenvalue weighted by molar-refractivity contribution is 7.89. The molecule has 0 fully saturated rings. The van der Waals surface area contributed by atoms with Crippen LogP contribution in [-0.2, 0) is 13.7 Å². The topological polar surface area (TPSA) is 54.5 Å². The van der Waals surface area contributed by atoms with Gasteiger partial charge in [-0.05, 0) is 73.7 Å². The van der Waals surface area contributed by atoms with Gasteiger partial charge in [-0.3, -0.25) is 0 Å². The minimum absolute atomic E-state index is 0.0852. The smallest absolute Gasteiger partial charge is 0.175 e. The Kier molecular flexibility index (Phi) is 2.85. The lowest BCUT2D eigenvalue weighted by Crippen LogP contribution is -2.53. The van der Waals surface area contributed by atoms with Gasteiger partial charge in [0.05, 0.1) is 37.6 Å². The molecule has 0 amide bonds. The quantitative estimate of drug-likeness (QED) is 0.218. The molecule has 0 bridgehead atoms. The molecule has 3 heterocycles. The van der Waals surface area contributed by atoms with Gasteiger partial charge >= 0.3 is 0 Å². The van der Waals surface area contributed by atoms with Crippen LogP contribution in [0.5, 0.6) is 0 Å². The summed E-state index contributed by atoms with van der Waals surface area (Å²) in [5.74, 6) is 0. The van der Waals surface area contributed by atoms with Gasteiger partial charge in [0.2, 0.25) is 0 Å². The molecule has 9 rings (SSSR count). The summed E-state index contributed by atoms with van der Waals surface area (Å²) in [6.45, 7) is -5.02. The summed E-state index contributed by atoms with van der Waals surface area (Å²) < 4.78 is 235. The van der Waals surface area contributed by atoms with E-state index in [-0.39, 0.29) is 5.56 Å². The van der Waals surface area contributed by atoms with Gasteiger partial charge in [0.25, 0.3) is 0 Å².